The monoisotopic (exact) mass is 172 g/mol. The number of hydrogen-bond acceptors (Lipinski definition) is 3. The van der Waals surface area contributed by atoms with Gasteiger partial charge >= 0.3 is 0 Å². The Labute approximate surface area is 72.6 Å². The van der Waals surface area contributed by atoms with Crippen molar-refractivity contribution in [3.8, 4) is 0 Å². The van der Waals surface area contributed by atoms with Gasteiger partial charge in [0.05, 0.1) is 12.1 Å². The Kier molecular flexibility index (Phi) is 3.05. The maximum atomic E-state index is 11.5. The van der Waals surface area contributed by atoms with Crippen LogP contribution in [0.15, 0.2) is 0 Å². The van der Waals surface area contributed by atoms with E-state index in [4.69, 9.17) is 0 Å². The quantitative estimate of drug-likeness (QED) is 0.572. The normalized spacial score (nSPS) is 25.9. The van der Waals surface area contributed by atoms with E-state index >= 15 is 0 Å². The highest BCUT2D eigenvalue weighted by atomic mass is 16.3. The van der Waals surface area contributed by atoms with E-state index in [0.29, 0.717) is 19.5 Å². The molecular weight excluding hydrogens is 156 g/mol. The minimum absolute atomic E-state index is 0.0778. The second kappa shape index (κ2) is 3.87. The first-order chi connectivity index (χ1) is 5.65. The highest BCUT2D eigenvalue weighted by molar-refractivity contribution is 5.81. The maximum absolute atomic E-state index is 11.5. The van der Waals surface area contributed by atoms with Crippen LogP contribution in [0.5, 0.6) is 0 Å². The Bertz CT molecular complexity index is 172. The Morgan fingerprint density at radius 1 is 1.75 bits per heavy atom. The first-order valence-electron chi connectivity index (χ1n) is 4.29. The van der Waals surface area contributed by atoms with Crippen LogP contribution in [0.1, 0.15) is 13.3 Å². The molecule has 0 aromatic heterocycles. The lowest BCUT2D eigenvalue weighted by Gasteiger charge is -2.19. The molecule has 70 valence electrons. The van der Waals surface area contributed by atoms with Gasteiger partial charge in [-0.15, -0.1) is 0 Å². The molecule has 1 fully saturated rings. The summed E-state index contributed by atoms with van der Waals surface area (Å²) in [6.45, 7) is 3.00. The number of nitrogens with one attached hydrogen (secondary N) is 1. The van der Waals surface area contributed by atoms with Gasteiger partial charge in [0, 0.05) is 13.1 Å². The van der Waals surface area contributed by atoms with Gasteiger partial charge in [0.1, 0.15) is 0 Å². The molecule has 1 aliphatic rings. The fourth-order valence-corrected chi connectivity index (χ4v) is 1.34. The molecular formula is C8H16N2O2. The molecule has 12 heavy (non-hydrogen) atoms. The van der Waals surface area contributed by atoms with Crippen LogP contribution in [-0.2, 0) is 4.79 Å². The molecule has 0 spiro atoms. The number of likely N-dealkylation sites (N-methyl/N-ethyl adjacent to an activating group) is 1. The van der Waals surface area contributed by atoms with Crippen LogP contribution in [0, 0.1) is 0 Å². The van der Waals surface area contributed by atoms with Gasteiger partial charge in [-0.2, -0.15) is 0 Å². The van der Waals surface area contributed by atoms with Gasteiger partial charge in [-0.1, -0.05) is 0 Å². The zero-order valence-corrected chi connectivity index (χ0v) is 7.58. The van der Waals surface area contributed by atoms with E-state index in [-0.39, 0.29) is 18.1 Å². The lowest BCUT2D eigenvalue weighted by Crippen LogP contribution is -2.42. The number of aliphatic hydroxyl groups excluding tert-OH is 1. The van der Waals surface area contributed by atoms with E-state index in [0.717, 1.165) is 0 Å². The highest BCUT2D eigenvalue weighted by Gasteiger charge is 2.26. The summed E-state index contributed by atoms with van der Waals surface area (Å²) in [5.74, 6) is 0.0778. The van der Waals surface area contributed by atoms with Gasteiger partial charge in [-0.05, 0) is 20.4 Å². The Balaban J connectivity index is 2.43. The summed E-state index contributed by atoms with van der Waals surface area (Å²) < 4.78 is 0. The van der Waals surface area contributed by atoms with Crippen LogP contribution in [0.2, 0.25) is 0 Å². The van der Waals surface area contributed by atoms with Crippen molar-refractivity contribution in [3.63, 3.8) is 0 Å². The molecule has 1 rings (SSSR count). The largest absolute Gasteiger partial charge is 0.391 e. The zero-order valence-electron chi connectivity index (χ0n) is 7.58. The van der Waals surface area contributed by atoms with E-state index in [1.54, 1.807) is 11.9 Å². The van der Waals surface area contributed by atoms with E-state index in [2.05, 4.69) is 5.32 Å². The first kappa shape index (κ1) is 9.48. The minimum Gasteiger partial charge on any atom is -0.391 e. The third kappa shape index (κ3) is 1.95. The molecule has 1 saturated heterocycles. The predicted molar refractivity (Wildman–Crippen MR) is 45.7 cm³/mol. The van der Waals surface area contributed by atoms with Crippen molar-refractivity contribution in [2.75, 3.05) is 20.1 Å². The number of likely N-dealkylation sites (tertiary alicyclic amines) is 1. The summed E-state index contributed by atoms with van der Waals surface area (Å²) in [5, 5.41) is 12.1. The Morgan fingerprint density at radius 3 is 2.83 bits per heavy atom. The fraction of sp³-hybridized carbons (Fsp3) is 0.875. The number of carbonyl (C=O) groups excluding carboxylic acids is 1. The van der Waals surface area contributed by atoms with Crippen LogP contribution < -0.4 is 5.32 Å². The number of carbonyl (C=O) groups is 1. The van der Waals surface area contributed by atoms with Crippen LogP contribution >= 0.6 is 0 Å². The highest BCUT2D eigenvalue weighted by Crippen LogP contribution is 2.09. The van der Waals surface area contributed by atoms with Crippen molar-refractivity contribution in [1.29, 1.82) is 0 Å². The number of hydrogen-bond donors (Lipinski definition) is 2. The molecule has 0 aliphatic carbocycles. The number of aliphatic hydroxyl groups is 1. The molecule has 0 saturated carbocycles. The minimum atomic E-state index is -0.321. The van der Waals surface area contributed by atoms with Gasteiger partial charge < -0.3 is 15.3 Å². The number of rotatable bonds is 2. The number of nitrogens with zero attached hydrogens (tertiary/aromatic N) is 1. The zero-order chi connectivity index (χ0) is 9.14. The summed E-state index contributed by atoms with van der Waals surface area (Å²) in [5.41, 5.74) is 0. The molecule has 0 bridgehead atoms. The molecule has 4 nitrogen and oxygen atoms in total. The molecule has 0 aromatic rings. The lowest BCUT2D eigenvalue weighted by molar-refractivity contribution is -0.132. The van der Waals surface area contributed by atoms with E-state index in [1.807, 2.05) is 6.92 Å². The van der Waals surface area contributed by atoms with E-state index < -0.39 is 0 Å². The van der Waals surface area contributed by atoms with E-state index in [1.165, 1.54) is 0 Å². The van der Waals surface area contributed by atoms with Crippen LogP contribution in [0.4, 0.5) is 0 Å². The molecule has 1 unspecified atom stereocenters. The van der Waals surface area contributed by atoms with Gasteiger partial charge in [0.2, 0.25) is 5.91 Å². The summed E-state index contributed by atoms with van der Waals surface area (Å²) in [7, 11) is 1.76. The summed E-state index contributed by atoms with van der Waals surface area (Å²) in [6, 6.07) is -0.143. The lowest BCUT2D eigenvalue weighted by atomic mass is 10.3. The van der Waals surface area contributed by atoms with Gasteiger partial charge in [0.25, 0.3) is 0 Å². The molecule has 1 amide bonds. The molecule has 4 heteroatoms. The molecule has 0 aromatic carbocycles. The summed E-state index contributed by atoms with van der Waals surface area (Å²) >= 11 is 0. The second-order valence-corrected chi connectivity index (χ2v) is 3.24. The molecule has 2 atom stereocenters. The predicted octanol–water partition coefficient (Wildman–Crippen LogP) is -0.813. The van der Waals surface area contributed by atoms with Gasteiger partial charge in [-0.3, -0.25) is 4.79 Å². The standard InChI is InChI=1S/C8H16N2O2/c1-6(9-2)8(12)10-4-3-7(11)5-10/h6-7,9,11H,3-5H2,1-2H3/t6?,7-/m1/s1. The van der Waals surface area contributed by atoms with Crippen LogP contribution in [-0.4, -0.2) is 48.2 Å². The molecule has 0 radical (unpaired) electrons. The Hall–Kier alpha value is -0.610. The third-order valence-electron chi connectivity index (χ3n) is 2.28. The fourth-order valence-electron chi connectivity index (χ4n) is 1.34. The molecule has 1 heterocycles. The molecule has 1 aliphatic heterocycles. The summed E-state index contributed by atoms with van der Waals surface area (Å²) in [4.78, 5) is 13.2. The van der Waals surface area contributed by atoms with Gasteiger partial charge in [0.15, 0.2) is 0 Å². The molecule has 2 N–H and O–H groups in total. The maximum Gasteiger partial charge on any atom is 0.239 e. The van der Waals surface area contributed by atoms with E-state index in [9.17, 15) is 9.90 Å². The first-order valence-corrected chi connectivity index (χ1v) is 4.29. The van der Waals surface area contributed by atoms with Gasteiger partial charge in [-0.25, -0.2) is 0 Å². The van der Waals surface area contributed by atoms with Crippen molar-refractivity contribution in [2.45, 2.75) is 25.5 Å². The average Bonchev–Trinajstić information content (AvgIpc) is 2.49. The smallest absolute Gasteiger partial charge is 0.239 e. The van der Waals surface area contributed by atoms with Crippen LogP contribution in [0.25, 0.3) is 0 Å². The van der Waals surface area contributed by atoms with Crippen molar-refractivity contribution in [1.82, 2.24) is 10.2 Å². The number of β-amino-alcohol motifs (C(OH)–C–C–N with tert-alkyl or cyclic N) is 1. The van der Waals surface area contributed by atoms with Crippen LogP contribution in [0.3, 0.4) is 0 Å². The number of amides is 1. The van der Waals surface area contributed by atoms with Crippen molar-refractivity contribution in [2.24, 2.45) is 0 Å². The summed E-state index contributed by atoms with van der Waals surface area (Å²) in [6.07, 6.45) is 0.389. The van der Waals surface area contributed by atoms with Crippen molar-refractivity contribution >= 4 is 5.91 Å². The topological polar surface area (TPSA) is 52.6 Å². The van der Waals surface area contributed by atoms with Crippen molar-refractivity contribution in [3.05, 3.63) is 0 Å². The average molecular weight is 172 g/mol. The second-order valence-electron chi connectivity index (χ2n) is 3.24. The Morgan fingerprint density at radius 2 is 2.42 bits per heavy atom. The SMILES string of the molecule is CNC(C)C(=O)N1CC[C@@H](O)C1. The van der Waals surface area contributed by atoms with Crippen molar-refractivity contribution < 1.29 is 9.90 Å². The third-order valence-corrected chi connectivity index (χ3v) is 2.28.